The van der Waals surface area contributed by atoms with E-state index >= 15 is 0 Å². The molecule has 0 aliphatic carbocycles. The van der Waals surface area contributed by atoms with Crippen molar-refractivity contribution in [3.05, 3.63) is 106 Å². The van der Waals surface area contributed by atoms with E-state index in [9.17, 15) is 9.59 Å². The summed E-state index contributed by atoms with van der Waals surface area (Å²) in [6, 6.07) is 20.8. The summed E-state index contributed by atoms with van der Waals surface area (Å²) < 4.78 is 11.2. The van der Waals surface area contributed by atoms with Crippen LogP contribution in [0.5, 0.6) is 5.75 Å². The van der Waals surface area contributed by atoms with Crippen LogP contribution in [0.3, 0.4) is 0 Å². The maximum absolute atomic E-state index is 12.6. The van der Waals surface area contributed by atoms with E-state index in [1.54, 1.807) is 18.3 Å². The number of pyridine rings is 1. The number of fused-ring (bicyclic) bond motifs is 1. The molecule has 2 heterocycles. The molecule has 0 unspecified atom stereocenters. The van der Waals surface area contributed by atoms with Crippen molar-refractivity contribution in [2.24, 2.45) is 0 Å². The van der Waals surface area contributed by atoms with Gasteiger partial charge < -0.3 is 14.5 Å². The molecule has 0 fully saturated rings. The molecule has 0 bridgehead atoms. The molecular weight excluding hydrogens is 404 g/mol. The number of hydrogen-bond donors (Lipinski definition) is 1. The molecule has 0 saturated heterocycles. The number of ether oxygens (including phenoxy) is 1. The van der Waals surface area contributed by atoms with E-state index in [2.05, 4.69) is 10.3 Å². The van der Waals surface area contributed by atoms with Crippen LogP contribution in [0.2, 0.25) is 0 Å². The molecule has 4 aromatic rings. The highest BCUT2D eigenvalue weighted by molar-refractivity contribution is 5.83. The van der Waals surface area contributed by atoms with Gasteiger partial charge in [0.2, 0.25) is 0 Å². The van der Waals surface area contributed by atoms with Crippen molar-refractivity contribution in [3.63, 3.8) is 0 Å². The van der Waals surface area contributed by atoms with Crippen LogP contribution in [0.4, 0.5) is 0 Å². The van der Waals surface area contributed by atoms with Gasteiger partial charge in [-0.05, 0) is 42.3 Å². The maximum atomic E-state index is 12.6. The largest absolute Gasteiger partial charge is 0.484 e. The highest BCUT2D eigenvalue weighted by Crippen LogP contribution is 2.25. The van der Waals surface area contributed by atoms with Crippen molar-refractivity contribution in [3.8, 4) is 5.75 Å². The smallest absolute Gasteiger partial charge is 0.340 e. The van der Waals surface area contributed by atoms with Crippen LogP contribution in [0.15, 0.2) is 82.1 Å². The van der Waals surface area contributed by atoms with Crippen LogP contribution in [-0.4, -0.2) is 24.0 Å². The highest BCUT2D eigenvalue weighted by Gasteiger charge is 2.13. The molecule has 0 atom stereocenters. The molecule has 0 saturated carbocycles. The Kier molecular flexibility index (Phi) is 6.60. The van der Waals surface area contributed by atoms with Crippen LogP contribution < -0.4 is 15.7 Å². The average Bonchev–Trinajstić information content (AvgIpc) is 2.81. The predicted molar refractivity (Wildman–Crippen MR) is 123 cm³/mol. The van der Waals surface area contributed by atoms with Gasteiger partial charge in [-0.25, -0.2) is 4.79 Å². The van der Waals surface area contributed by atoms with Crippen molar-refractivity contribution < 1.29 is 13.9 Å². The van der Waals surface area contributed by atoms with Gasteiger partial charge in [-0.15, -0.1) is 0 Å². The highest BCUT2D eigenvalue weighted by atomic mass is 16.5. The van der Waals surface area contributed by atoms with E-state index in [0.717, 1.165) is 22.2 Å². The molecular formula is C26H24N2O4. The van der Waals surface area contributed by atoms with Gasteiger partial charge in [0.15, 0.2) is 6.61 Å². The van der Waals surface area contributed by atoms with Crippen LogP contribution in [0.25, 0.3) is 11.0 Å². The lowest BCUT2D eigenvalue weighted by Gasteiger charge is -2.10. The number of rotatable bonds is 8. The quantitative estimate of drug-likeness (QED) is 0.432. The molecule has 0 aliphatic rings. The van der Waals surface area contributed by atoms with E-state index in [-0.39, 0.29) is 18.1 Å². The number of carbonyl (C=O) groups is 1. The zero-order chi connectivity index (χ0) is 22.3. The lowest BCUT2D eigenvalue weighted by atomic mass is 10.00. The van der Waals surface area contributed by atoms with E-state index in [1.807, 2.05) is 61.5 Å². The molecule has 0 radical (unpaired) electrons. The molecule has 0 aliphatic heterocycles. The summed E-state index contributed by atoms with van der Waals surface area (Å²) in [6.45, 7) is 2.28. The summed E-state index contributed by atoms with van der Waals surface area (Å²) in [6.07, 6.45) is 2.89. The fraction of sp³-hybridized carbons (Fsp3) is 0.192. The Labute approximate surface area is 185 Å². The molecule has 32 heavy (non-hydrogen) atoms. The Bertz CT molecular complexity index is 1270. The van der Waals surface area contributed by atoms with Crippen LogP contribution in [0.1, 0.15) is 22.4 Å². The molecule has 0 spiro atoms. The number of amides is 1. The van der Waals surface area contributed by atoms with Crippen molar-refractivity contribution >= 4 is 16.9 Å². The van der Waals surface area contributed by atoms with Gasteiger partial charge in [0.05, 0.1) is 0 Å². The molecule has 1 amide bonds. The Morgan fingerprint density at radius 2 is 1.88 bits per heavy atom. The summed E-state index contributed by atoms with van der Waals surface area (Å²) in [5, 5.41) is 3.66. The first-order valence-corrected chi connectivity index (χ1v) is 10.5. The van der Waals surface area contributed by atoms with Crippen molar-refractivity contribution in [1.82, 2.24) is 10.3 Å². The molecule has 1 N–H and O–H groups in total. The molecule has 2 aromatic carbocycles. The second-order valence-corrected chi connectivity index (χ2v) is 7.52. The SMILES string of the molecule is Cc1c(Cc2ccccc2)c(=O)oc2cc(OCC(=O)NCCc3ccccn3)ccc12. The maximum Gasteiger partial charge on any atom is 0.340 e. The van der Waals surface area contributed by atoms with Gasteiger partial charge in [-0.2, -0.15) is 0 Å². The summed E-state index contributed by atoms with van der Waals surface area (Å²) in [5.74, 6) is 0.243. The van der Waals surface area contributed by atoms with E-state index < -0.39 is 0 Å². The number of nitrogens with zero attached hydrogens (tertiary/aromatic N) is 1. The molecule has 6 nitrogen and oxygen atoms in total. The number of aromatic nitrogens is 1. The van der Waals surface area contributed by atoms with Crippen LogP contribution in [0, 0.1) is 6.92 Å². The number of aryl methyl sites for hydroxylation is 1. The topological polar surface area (TPSA) is 81.4 Å². The molecule has 162 valence electrons. The van der Waals surface area contributed by atoms with Crippen molar-refractivity contribution in [2.45, 2.75) is 19.8 Å². The van der Waals surface area contributed by atoms with Crippen LogP contribution >= 0.6 is 0 Å². The Morgan fingerprint density at radius 1 is 1.06 bits per heavy atom. The Hall–Kier alpha value is -3.93. The lowest BCUT2D eigenvalue weighted by Crippen LogP contribution is -2.30. The zero-order valence-corrected chi connectivity index (χ0v) is 17.8. The van der Waals surface area contributed by atoms with E-state index in [4.69, 9.17) is 9.15 Å². The summed E-state index contributed by atoms with van der Waals surface area (Å²) in [5.41, 5.74) is 3.58. The van der Waals surface area contributed by atoms with E-state index in [0.29, 0.717) is 36.3 Å². The van der Waals surface area contributed by atoms with Gasteiger partial charge >= 0.3 is 5.63 Å². The molecule has 2 aromatic heterocycles. The minimum Gasteiger partial charge on any atom is -0.484 e. The minimum atomic E-state index is -0.358. The lowest BCUT2D eigenvalue weighted by molar-refractivity contribution is -0.123. The first kappa shape index (κ1) is 21.3. The van der Waals surface area contributed by atoms with Crippen molar-refractivity contribution in [2.75, 3.05) is 13.2 Å². The third-order valence-electron chi connectivity index (χ3n) is 5.28. The number of carbonyl (C=O) groups excluding carboxylic acids is 1. The first-order chi connectivity index (χ1) is 15.6. The van der Waals surface area contributed by atoms with E-state index in [1.165, 1.54) is 0 Å². The second-order valence-electron chi connectivity index (χ2n) is 7.52. The number of nitrogens with one attached hydrogen (secondary N) is 1. The van der Waals surface area contributed by atoms with Gasteiger partial charge in [0.1, 0.15) is 11.3 Å². The number of hydrogen-bond acceptors (Lipinski definition) is 5. The Balaban J connectivity index is 1.39. The number of benzene rings is 2. The normalized spacial score (nSPS) is 10.8. The summed E-state index contributed by atoms with van der Waals surface area (Å²) >= 11 is 0. The average molecular weight is 428 g/mol. The Morgan fingerprint density at radius 3 is 2.66 bits per heavy atom. The van der Waals surface area contributed by atoms with Gasteiger partial charge in [-0.1, -0.05) is 36.4 Å². The van der Waals surface area contributed by atoms with Gasteiger partial charge in [0.25, 0.3) is 5.91 Å². The third-order valence-corrected chi connectivity index (χ3v) is 5.28. The molecule has 4 rings (SSSR count). The standard InChI is InChI=1S/C26H24N2O4/c1-18-22-11-10-21(31-17-25(29)28-14-12-20-9-5-6-13-27-20)16-24(22)32-26(30)23(18)15-19-7-3-2-4-8-19/h2-11,13,16H,12,14-15,17H2,1H3,(H,28,29). The summed E-state index contributed by atoms with van der Waals surface area (Å²) in [4.78, 5) is 28.9. The van der Waals surface area contributed by atoms with Gasteiger partial charge in [-0.3, -0.25) is 9.78 Å². The molecule has 6 heteroatoms. The zero-order valence-electron chi connectivity index (χ0n) is 17.8. The van der Waals surface area contributed by atoms with Crippen LogP contribution in [-0.2, 0) is 17.6 Å². The predicted octanol–water partition coefficient (Wildman–Crippen LogP) is 3.82. The first-order valence-electron chi connectivity index (χ1n) is 10.5. The third kappa shape index (κ3) is 5.21. The fourth-order valence-corrected chi connectivity index (χ4v) is 3.54. The monoisotopic (exact) mass is 428 g/mol. The van der Waals surface area contributed by atoms with Crippen molar-refractivity contribution in [1.29, 1.82) is 0 Å². The second kappa shape index (κ2) is 9.92. The fourth-order valence-electron chi connectivity index (χ4n) is 3.54. The van der Waals surface area contributed by atoms with Gasteiger partial charge in [0, 0.05) is 48.3 Å². The minimum absolute atomic E-state index is 0.122. The summed E-state index contributed by atoms with van der Waals surface area (Å²) in [7, 11) is 0.